The molecule has 12 heteroatoms. The lowest BCUT2D eigenvalue weighted by molar-refractivity contribution is -0.270. The van der Waals surface area contributed by atoms with E-state index in [1.165, 1.54) is 24.3 Å². The quantitative estimate of drug-likeness (QED) is 0.441. The molecule has 1 amide bonds. The Morgan fingerprint density at radius 1 is 0.848 bits per heavy atom. The first kappa shape index (κ1) is 26.1. The minimum atomic E-state index is -1.46. The largest absolute Gasteiger partial charge is 0.463 e. The number of carbonyl (C=O) groups is 5. The molecule has 33 heavy (non-hydrogen) atoms. The molecule has 1 aliphatic rings. The number of halogens is 1. The molecule has 1 saturated heterocycles. The topological polar surface area (TPSA) is 144 Å². The first-order valence-electron chi connectivity index (χ1n) is 9.84. The number of carbonyl (C=O) groups excluding carboxylic acids is 5. The second-order valence-electron chi connectivity index (χ2n) is 7.11. The summed E-state index contributed by atoms with van der Waals surface area (Å²) >= 11 is 5.85. The molecule has 0 spiro atoms. The molecule has 5 atom stereocenters. The molecule has 1 fully saturated rings. The van der Waals surface area contributed by atoms with Crippen LogP contribution >= 0.6 is 11.6 Å². The highest BCUT2D eigenvalue weighted by atomic mass is 35.5. The van der Waals surface area contributed by atoms with E-state index in [2.05, 4.69) is 5.32 Å². The van der Waals surface area contributed by atoms with E-state index in [1.54, 1.807) is 0 Å². The summed E-state index contributed by atoms with van der Waals surface area (Å²) in [6, 6.07) is 4.63. The summed E-state index contributed by atoms with van der Waals surface area (Å²) in [4.78, 5) is 59.5. The Morgan fingerprint density at radius 3 is 1.91 bits per heavy atom. The predicted octanol–water partition coefficient (Wildman–Crippen LogP) is 1.15. The second-order valence-corrected chi connectivity index (χ2v) is 7.55. The summed E-state index contributed by atoms with van der Waals surface area (Å²) < 4.78 is 26.5. The van der Waals surface area contributed by atoms with Crippen LogP contribution in [-0.4, -0.2) is 67.0 Å². The van der Waals surface area contributed by atoms with Gasteiger partial charge in [0.05, 0.1) is 0 Å². The number of hydrogen-bond acceptors (Lipinski definition) is 10. The van der Waals surface area contributed by atoms with Gasteiger partial charge in [0.2, 0.25) is 6.29 Å². The lowest BCUT2D eigenvalue weighted by atomic mass is 9.95. The molecule has 0 aromatic heterocycles. The van der Waals surface area contributed by atoms with Crippen LogP contribution in [0.3, 0.4) is 0 Å². The highest BCUT2D eigenvalue weighted by Crippen LogP contribution is 2.28. The van der Waals surface area contributed by atoms with E-state index in [0.29, 0.717) is 5.02 Å². The Labute approximate surface area is 194 Å². The zero-order chi connectivity index (χ0) is 24.7. The average Bonchev–Trinajstić information content (AvgIpc) is 2.70. The van der Waals surface area contributed by atoms with Crippen molar-refractivity contribution >= 4 is 41.4 Å². The Balaban J connectivity index is 2.44. The Morgan fingerprint density at radius 2 is 1.39 bits per heavy atom. The monoisotopic (exact) mass is 485 g/mol. The number of hydrogen-bond donors (Lipinski definition) is 1. The van der Waals surface area contributed by atoms with Crippen molar-refractivity contribution in [3.8, 4) is 0 Å². The summed E-state index contributed by atoms with van der Waals surface area (Å²) in [5.74, 6) is -3.55. The van der Waals surface area contributed by atoms with Crippen LogP contribution in [0.4, 0.5) is 0 Å². The van der Waals surface area contributed by atoms with Crippen molar-refractivity contribution in [2.24, 2.45) is 0 Å². The third-order valence-corrected chi connectivity index (χ3v) is 4.64. The second kappa shape index (κ2) is 11.6. The molecule has 1 aliphatic heterocycles. The van der Waals surface area contributed by atoms with Crippen molar-refractivity contribution in [3.05, 3.63) is 34.9 Å². The molecule has 11 nitrogen and oxygen atoms in total. The Hall–Kier alpha value is -3.18. The molecular weight excluding hydrogens is 462 g/mol. The number of amides is 1. The molecule has 0 radical (unpaired) electrons. The van der Waals surface area contributed by atoms with Gasteiger partial charge in [0.15, 0.2) is 12.2 Å². The molecule has 180 valence electrons. The van der Waals surface area contributed by atoms with Crippen molar-refractivity contribution in [3.63, 3.8) is 0 Å². The normalized spacial score (nSPS) is 24.2. The molecule has 0 aliphatic carbocycles. The van der Waals surface area contributed by atoms with Gasteiger partial charge in [-0.05, 0) is 24.3 Å². The van der Waals surface area contributed by atoms with Gasteiger partial charge in [-0.25, -0.2) is 0 Å². The molecular formula is C21H24ClNO10. The van der Waals surface area contributed by atoms with Gasteiger partial charge in [0, 0.05) is 38.3 Å². The van der Waals surface area contributed by atoms with Crippen LogP contribution in [0.25, 0.3) is 0 Å². The molecule has 1 heterocycles. The summed E-state index contributed by atoms with van der Waals surface area (Å²) in [7, 11) is 0. The minimum absolute atomic E-state index is 0.202. The number of benzene rings is 1. The fourth-order valence-electron chi connectivity index (χ4n) is 3.16. The van der Waals surface area contributed by atoms with E-state index >= 15 is 0 Å². The van der Waals surface area contributed by atoms with Crippen LogP contribution in [0.2, 0.25) is 5.02 Å². The van der Waals surface area contributed by atoms with Crippen molar-refractivity contribution in [2.75, 3.05) is 6.61 Å². The van der Waals surface area contributed by atoms with Crippen molar-refractivity contribution < 1.29 is 47.7 Å². The van der Waals surface area contributed by atoms with E-state index in [-0.39, 0.29) is 5.56 Å². The average molecular weight is 486 g/mol. The van der Waals surface area contributed by atoms with Crippen LogP contribution < -0.4 is 5.32 Å². The number of ether oxygens (including phenoxy) is 5. The highest BCUT2D eigenvalue weighted by molar-refractivity contribution is 6.30. The van der Waals surface area contributed by atoms with Crippen molar-refractivity contribution in [1.82, 2.24) is 5.32 Å². The molecule has 0 bridgehead atoms. The van der Waals surface area contributed by atoms with Crippen molar-refractivity contribution in [2.45, 2.75) is 58.3 Å². The third-order valence-electron chi connectivity index (χ3n) is 4.39. The minimum Gasteiger partial charge on any atom is -0.463 e. The summed E-state index contributed by atoms with van der Waals surface area (Å²) in [6.45, 7) is 4.10. The van der Waals surface area contributed by atoms with E-state index in [1.807, 2.05) is 0 Å². The van der Waals surface area contributed by atoms with Gasteiger partial charge in [-0.1, -0.05) is 11.6 Å². The van der Waals surface area contributed by atoms with Crippen LogP contribution in [0.1, 0.15) is 38.1 Å². The molecule has 0 saturated carbocycles. The van der Waals surface area contributed by atoms with Crippen LogP contribution in [0, 0.1) is 0 Å². The standard InChI is InChI=1S/C21H24ClNO10/c1-10(24)29-9-16-18(30-11(2)25)19(31-12(3)26)17(21(33-16)32-13(4)27)23-20(28)14-5-7-15(22)8-6-14/h5-8,16-19,21H,9H2,1-4H3,(H,23,28)/t16-,17+,18-,19+,21-/m0/s1. The summed E-state index contributed by atoms with van der Waals surface area (Å²) in [6.07, 6.45) is -5.28. The van der Waals surface area contributed by atoms with Gasteiger partial charge in [0.1, 0.15) is 18.8 Å². The maximum Gasteiger partial charge on any atom is 0.305 e. The molecule has 1 aromatic rings. The molecule has 1 aromatic carbocycles. The van der Waals surface area contributed by atoms with E-state index in [0.717, 1.165) is 27.7 Å². The number of rotatable bonds is 7. The van der Waals surface area contributed by atoms with Gasteiger partial charge in [-0.3, -0.25) is 24.0 Å². The highest BCUT2D eigenvalue weighted by Gasteiger charge is 2.52. The predicted molar refractivity (Wildman–Crippen MR) is 111 cm³/mol. The van der Waals surface area contributed by atoms with Crippen LogP contribution in [0.15, 0.2) is 24.3 Å². The van der Waals surface area contributed by atoms with Gasteiger partial charge >= 0.3 is 23.9 Å². The SMILES string of the molecule is CC(=O)OC[C@@H]1O[C@H](OC(C)=O)[C@H](NC(=O)c2ccc(Cl)cc2)[C@@H](OC(C)=O)[C@H]1OC(C)=O. The van der Waals surface area contributed by atoms with E-state index in [9.17, 15) is 24.0 Å². The fourth-order valence-corrected chi connectivity index (χ4v) is 3.28. The van der Waals surface area contributed by atoms with E-state index < -0.39 is 67.0 Å². The maximum absolute atomic E-state index is 12.8. The smallest absolute Gasteiger partial charge is 0.305 e. The molecule has 2 rings (SSSR count). The molecule has 1 N–H and O–H groups in total. The maximum atomic E-state index is 12.8. The van der Waals surface area contributed by atoms with Crippen LogP contribution in [0.5, 0.6) is 0 Å². The van der Waals surface area contributed by atoms with Gasteiger partial charge < -0.3 is 29.0 Å². The first-order chi connectivity index (χ1) is 15.5. The molecule has 0 unspecified atom stereocenters. The van der Waals surface area contributed by atoms with Gasteiger partial charge in [-0.15, -0.1) is 0 Å². The number of nitrogens with one attached hydrogen (secondary N) is 1. The summed E-state index contributed by atoms with van der Waals surface area (Å²) in [5.41, 5.74) is 0.202. The lowest BCUT2D eigenvalue weighted by Crippen LogP contribution is -2.67. The van der Waals surface area contributed by atoms with E-state index in [4.69, 9.17) is 35.3 Å². The zero-order valence-corrected chi connectivity index (χ0v) is 19.1. The van der Waals surface area contributed by atoms with Crippen LogP contribution in [-0.2, 0) is 42.9 Å². The third kappa shape index (κ3) is 7.72. The van der Waals surface area contributed by atoms with Gasteiger partial charge in [0.25, 0.3) is 5.91 Å². The zero-order valence-electron chi connectivity index (χ0n) is 18.4. The van der Waals surface area contributed by atoms with Crippen molar-refractivity contribution in [1.29, 1.82) is 0 Å². The lowest BCUT2D eigenvalue weighted by Gasteiger charge is -2.44. The fraction of sp³-hybridized carbons (Fsp3) is 0.476. The Kier molecular flexibility index (Phi) is 9.18. The first-order valence-corrected chi connectivity index (χ1v) is 10.2. The van der Waals surface area contributed by atoms with Gasteiger partial charge in [-0.2, -0.15) is 0 Å². The Bertz CT molecular complexity index is 903. The number of esters is 4. The summed E-state index contributed by atoms with van der Waals surface area (Å²) in [5, 5.41) is 3.00.